The molecule has 1 atom stereocenters. The van der Waals surface area contributed by atoms with Gasteiger partial charge in [0.15, 0.2) is 0 Å². The summed E-state index contributed by atoms with van der Waals surface area (Å²) in [4.78, 5) is 24.0. The third-order valence-corrected chi connectivity index (χ3v) is 5.13. The predicted molar refractivity (Wildman–Crippen MR) is 89.6 cm³/mol. The van der Waals surface area contributed by atoms with Crippen molar-refractivity contribution in [3.63, 3.8) is 0 Å². The molecule has 1 rings (SSSR count). The largest absolute Gasteiger partial charge is 0.465 e. The number of rotatable bonds is 7. The first kappa shape index (κ1) is 19.0. The highest BCUT2D eigenvalue weighted by atomic mass is 79.9. The lowest BCUT2D eigenvalue weighted by molar-refractivity contribution is -0.142. The molecule has 22 heavy (non-hydrogen) atoms. The van der Waals surface area contributed by atoms with Crippen molar-refractivity contribution in [1.29, 1.82) is 0 Å². The van der Waals surface area contributed by atoms with Crippen molar-refractivity contribution >= 4 is 45.3 Å². The Morgan fingerprint density at radius 2 is 2.05 bits per heavy atom. The summed E-state index contributed by atoms with van der Waals surface area (Å²) in [6.07, 6.45) is 0.850. The summed E-state index contributed by atoms with van der Waals surface area (Å²) in [5.74, 6) is -1.10. The van der Waals surface area contributed by atoms with Gasteiger partial charge in [-0.25, -0.2) is 4.39 Å². The van der Waals surface area contributed by atoms with E-state index in [2.05, 4.69) is 21.2 Å². The van der Waals surface area contributed by atoms with Crippen LogP contribution in [-0.2, 0) is 14.3 Å². The summed E-state index contributed by atoms with van der Waals surface area (Å²) in [7, 11) is 0. The highest BCUT2D eigenvalue weighted by Gasteiger charge is 2.21. The lowest BCUT2D eigenvalue weighted by Crippen LogP contribution is -2.19. The van der Waals surface area contributed by atoms with E-state index in [1.807, 2.05) is 6.92 Å². The molecule has 1 amide bonds. The zero-order valence-electron chi connectivity index (χ0n) is 12.7. The maximum atomic E-state index is 13.9. The minimum atomic E-state index is -0.526. The van der Waals surface area contributed by atoms with Crippen LogP contribution in [0.15, 0.2) is 21.5 Å². The van der Waals surface area contributed by atoms with Gasteiger partial charge in [-0.2, -0.15) is 0 Å². The molecule has 0 spiro atoms. The molecule has 0 aliphatic rings. The van der Waals surface area contributed by atoms with Crippen LogP contribution in [0, 0.1) is 5.82 Å². The highest BCUT2D eigenvalue weighted by molar-refractivity contribution is 9.10. The molecule has 0 radical (unpaired) electrons. The highest BCUT2D eigenvalue weighted by Crippen LogP contribution is 2.36. The molecular weight excluding hydrogens is 373 g/mol. The fourth-order valence-corrected chi connectivity index (χ4v) is 3.23. The first-order valence-electron chi connectivity index (χ1n) is 7.05. The molecule has 0 saturated carbocycles. The molecule has 1 aromatic rings. The van der Waals surface area contributed by atoms with Gasteiger partial charge in [-0.1, -0.05) is 13.8 Å². The summed E-state index contributed by atoms with van der Waals surface area (Å²) >= 11 is 4.57. The summed E-state index contributed by atoms with van der Waals surface area (Å²) in [5, 5.41) is 2.13. The van der Waals surface area contributed by atoms with Gasteiger partial charge in [0.2, 0.25) is 5.91 Å². The van der Waals surface area contributed by atoms with Crippen molar-refractivity contribution < 1.29 is 18.7 Å². The number of amides is 1. The average molecular weight is 392 g/mol. The van der Waals surface area contributed by atoms with Gasteiger partial charge in [0, 0.05) is 15.8 Å². The zero-order valence-corrected chi connectivity index (χ0v) is 15.1. The Hall–Kier alpha value is -1.08. The van der Waals surface area contributed by atoms with Crippen LogP contribution in [0.5, 0.6) is 0 Å². The van der Waals surface area contributed by atoms with Crippen LogP contribution in [0.25, 0.3) is 0 Å². The minimum absolute atomic E-state index is 0.108. The maximum Gasteiger partial charge on any atom is 0.319 e. The average Bonchev–Trinajstić information content (AvgIpc) is 2.48. The number of hydrogen-bond acceptors (Lipinski definition) is 4. The van der Waals surface area contributed by atoms with E-state index in [-0.39, 0.29) is 29.2 Å². The van der Waals surface area contributed by atoms with E-state index in [1.165, 1.54) is 23.9 Å². The van der Waals surface area contributed by atoms with Crippen LogP contribution in [-0.4, -0.2) is 23.7 Å². The van der Waals surface area contributed by atoms with Gasteiger partial charge in [-0.3, -0.25) is 9.59 Å². The molecule has 1 aromatic carbocycles. The molecule has 4 nitrogen and oxygen atoms in total. The number of hydrogen-bond donors (Lipinski definition) is 1. The predicted octanol–water partition coefficient (Wildman–Crippen LogP) is 4.37. The number of carbonyl (C=O) groups is 2. The Kier molecular flexibility index (Phi) is 7.89. The van der Waals surface area contributed by atoms with E-state index >= 15 is 0 Å². The smallest absolute Gasteiger partial charge is 0.319 e. The topological polar surface area (TPSA) is 55.4 Å². The Morgan fingerprint density at radius 1 is 1.36 bits per heavy atom. The lowest BCUT2D eigenvalue weighted by Gasteiger charge is -2.15. The SMILES string of the molecule is CCOC(=O)C(CC)Sc1cc(NC(=O)CC)c(F)cc1Br. The number of halogens is 2. The van der Waals surface area contributed by atoms with Crippen LogP contribution >= 0.6 is 27.7 Å². The Labute approximate surface area is 142 Å². The van der Waals surface area contributed by atoms with E-state index in [1.54, 1.807) is 13.8 Å². The molecular formula is C15H19BrFNO3S. The molecule has 0 aliphatic carbocycles. The fraction of sp³-hybridized carbons (Fsp3) is 0.467. The second kappa shape index (κ2) is 9.15. The van der Waals surface area contributed by atoms with Crippen molar-refractivity contribution in [2.75, 3.05) is 11.9 Å². The molecule has 0 aromatic heterocycles. The standard InChI is InChI=1S/C15H19BrFNO3S/c1-4-12(15(20)21-6-3)22-13-8-11(18-14(19)5-2)10(17)7-9(13)16/h7-8,12H,4-6H2,1-3H3,(H,18,19). The number of benzene rings is 1. The zero-order chi connectivity index (χ0) is 16.7. The molecule has 0 aliphatic heterocycles. The van der Waals surface area contributed by atoms with Crippen LogP contribution in [0.3, 0.4) is 0 Å². The van der Waals surface area contributed by atoms with Crippen molar-refractivity contribution in [2.24, 2.45) is 0 Å². The second-order valence-corrected chi connectivity index (χ2v) is 6.53. The van der Waals surface area contributed by atoms with Gasteiger partial charge in [-0.15, -0.1) is 11.8 Å². The summed E-state index contributed by atoms with van der Waals surface area (Å²) in [6, 6.07) is 2.81. The number of carbonyl (C=O) groups excluding carboxylic acids is 2. The number of ether oxygens (including phenoxy) is 1. The van der Waals surface area contributed by atoms with Crippen LogP contribution in [0.4, 0.5) is 10.1 Å². The molecule has 0 saturated heterocycles. The third kappa shape index (κ3) is 5.28. The first-order valence-corrected chi connectivity index (χ1v) is 8.72. The summed E-state index contributed by atoms with van der Waals surface area (Å²) in [6.45, 7) is 5.64. The van der Waals surface area contributed by atoms with Crippen LogP contribution in [0.1, 0.15) is 33.6 Å². The molecule has 0 fully saturated rings. The first-order chi connectivity index (χ1) is 10.4. The summed E-state index contributed by atoms with van der Waals surface area (Å²) in [5.41, 5.74) is 0.108. The number of anilines is 1. The molecule has 1 N–H and O–H groups in total. The normalized spacial score (nSPS) is 11.9. The monoisotopic (exact) mass is 391 g/mol. The number of thioether (sulfide) groups is 1. The van der Waals surface area contributed by atoms with E-state index in [4.69, 9.17) is 4.74 Å². The second-order valence-electron chi connectivity index (χ2n) is 4.43. The number of esters is 1. The third-order valence-electron chi connectivity index (χ3n) is 2.81. The van der Waals surface area contributed by atoms with Gasteiger partial charge >= 0.3 is 5.97 Å². The Balaban J connectivity index is 3.00. The van der Waals surface area contributed by atoms with E-state index in [0.29, 0.717) is 22.4 Å². The fourth-order valence-electron chi connectivity index (χ4n) is 1.64. The van der Waals surface area contributed by atoms with E-state index in [9.17, 15) is 14.0 Å². The van der Waals surface area contributed by atoms with Gasteiger partial charge in [0.1, 0.15) is 11.1 Å². The van der Waals surface area contributed by atoms with Crippen molar-refractivity contribution in [3.8, 4) is 0 Å². The molecule has 1 unspecified atom stereocenters. The van der Waals surface area contributed by atoms with Gasteiger partial charge in [-0.05, 0) is 41.4 Å². The van der Waals surface area contributed by atoms with Gasteiger partial charge in [0.25, 0.3) is 0 Å². The minimum Gasteiger partial charge on any atom is -0.465 e. The molecule has 7 heteroatoms. The lowest BCUT2D eigenvalue weighted by atomic mass is 10.3. The molecule has 0 heterocycles. The van der Waals surface area contributed by atoms with Crippen LogP contribution in [0.2, 0.25) is 0 Å². The molecule has 0 bridgehead atoms. The Morgan fingerprint density at radius 3 is 2.59 bits per heavy atom. The number of nitrogens with one attached hydrogen (secondary N) is 1. The van der Waals surface area contributed by atoms with Gasteiger partial charge in [0.05, 0.1) is 12.3 Å². The summed E-state index contributed by atoms with van der Waals surface area (Å²) < 4.78 is 19.4. The van der Waals surface area contributed by atoms with Crippen molar-refractivity contribution in [3.05, 3.63) is 22.4 Å². The van der Waals surface area contributed by atoms with Crippen LogP contribution < -0.4 is 5.32 Å². The van der Waals surface area contributed by atoms with Gasteiger partial charge < -0.3 is 10.1 Å². The van der Waals surface area contributed by atoms with Crippen molar-refractivity contribution in [2.45, 2.75) is 43.8 Å². The van der Waals surface area contributed by atoms with Crippen molar-refractivity contribution in [1.82, 2.24) is 0 Å². The quantitative estimate of drug-likeness (QED) is 0.553. The maximum absolute atomic E-state index is 13.9. The van der Waals surface area contributed by atoms with E-state index in [0.717, 1.165) is 0 Å². The molecule has 122 valence electrons. The van der Waals surface area contributed by atoms with E-state index < -0.39 is 5.82 Å². The Bertz CT molecular complexity index is 554.